The van der Waals surface area contributed by atoms with E-state index in [-0.39, 0.29) is 11.8 Å². The number of nitrogens with zero attached hydrogens (tertiary/aromatic N) is 3. The number of anilines is 1. The summed E-state index contributed by atoms with van der Waals surface area (Å²) in [5, 5.41) is 2.78. The lowest BCUT2D eigenvalue weighted by Crippen LogP contribution is -2.45. The highest BCUT2D eigenvalue weighted by atomic mass is 16.2. The SMILES string of the molecule is C[C@H](NC(=O)c1cccnc1N(C)C1CCCCC1)C(=O)N(C)C. The third kappa shape index (κ3) is 4.24. The number of aromatic nitrogens is 1. The Kier molecular flexibility index (Phi) is 6.17. The molecule has 132 valence electrons. The Morgan fingerprint density at radius 3 is 2.50 bits per heavy atom. The van der Waals surface area contributed by atoms with Crippen LogP contribution < -0.4 is 10.2 Å². The van der Waals surface area contributed by atoms with Crippen molar-refractivity contribution in [1.82, 2.24) is 15.2 Å². The number of amides is 2. The van der Waals surface area contributed by atoms with Gasteiger partial charge < -0.3 is 15.1 Å². The Labute approximate surface area is 144 Å². The van der Waals surface area contributed by atoms with Crippen molar-refractivity contribution in [2.45, 2.75) is 51.1 Å². The monoisotopic (exact) mass is 332 g/mol. The van der Waals surface area contributed by atoms with E-state index in [0.29, 0.717) is 17.4 Å². The first-order chi connectivity index (χ1) is 11.4. The van der Waals surface area contributed by atoms with Crippen LogP contribution in [0.3, 0.4) is 0 Å². The second-order valence-electron chi connectivity index (χ2n) is 6.71. The molecule has 2 rings (SSSR count). The molecule has 24 heavy (non-hydrogen) atoms. The van der Waals surface area contributed by atoms with Gasteiger partial charge in [-0.25, -0.2) is 4.98 Å². The number of hydrogen-bond donors (Lipinski definition) is 1. The number of hydrogen-bond acceptors (Lipinski definition) is 4. The molecule has 0 saturated heterocycles. The van der Waals surface area contributed by atoms with Crippen LogP contribution in [0.4, 0.5) is 5.82 Å². The lowest BCUT2D eigenvalue weighted by atomic mass is 9.94. The van der Waals surface area contributed by atoms with Crippen LogP contribution in [0.1, 0.15) is 49.4 Å². The molecule has 1 fully saturated rings. The molecule has 1 atom stereocenters. The third-order valence-electron chi connectivity index (χ3n) is 4.65. The Morgan fingerprint density at radius 1 is 1.21 bits per heavy atom. The number of carbonyl (C=O) groups excluding carboxylic acids is 2. The van der Waals surface area contributed by atoms with Crippen LogP contribution in [0.5, 0.6) is 0 Å². The predicted octanol–water partition coefficient (Wildman–Crippen LogP) is 2.06. The van der Waals surface area contributed by atoms with E-state index in [4.69, 9.17) is 0 Å². The second kappa shape index (κ2) is 8.13. The average molecular weight is 332 g/mol. The lowest BCUT2D eigenvalue weighted by molar-refractivity contribution is -0.130. The highest BCUT2D eigenvalue weighted by molar-refractivity contribution is 6.01. The molecule has 1 aliphatic carbocycles. The molecule has 0 aromatic carbocycles. The van der Waals surface area contributed by atoms with E-state index < -0.39 is 6.04 Å². The summed E-state index contributed by atoms with van der Waals surface area (Å²) < 4.78 is 0. The second-order valence-corrected chi connectivity index (χ2v) is 6.71. The van der Waals surface area contributed by atoms with Crippen molar-refractivity contribution in [2.75, 3.05) is 26.0 Å². The van der Waals surface area contributed by atoms with Gasteiger partial charge in [-0.15, -0.1) is 0 Å². The van der Waals surface area contributed by atoms with E-state index in [2.05, 4.69) is 15.2 Å². The standard InChI is InChI=1S/C18H28N4O2/c1-13(18(24)21(2)3)20-17(23)15-11-8-12-19-16(15)22(4)14-9-6-5-7-10-14/h8,11-14H,5-7,9-10H2,1-4H3,(H,20,23)/t13-/m0/s1. The van der Waals surface area contributed by atoms with Crippen LogP contribution in [-0.4, -0.2) is 54.9 Å². The van der Waals surface area contributed by atoms with E-state index in [0.717, 1.165) is 12.8 Å². The van der Waals surface area contributed by atoms with Gasteiger partial charge in [0.15, 0.2) is 0 Å². The summed E-state index contributed by atoms with van der Waals surface area (Å²) in [5.74, 6) is 0.296. The highest BCUT2D eigenvalue weighted by Gasteiger charge is 2.25. The van der Waals surface area contributed by atoms with Crippen LogP contribution in [-0.2, 0) is 4.79 Å². The largest absolute Gasteiger partial charge is 0.356 e. The van der Waals surface area contributed by atoms with Crippen molar-refractivity contribution in [3.63, 3.8) is 0 Å². The van der Waals surface area contributed by atoms with E-state index in [9.17, 15) is 9.59 Å². The van der Waals surface area contributed by atoms with Crippen molar-refractivity contribution >= 4 is 17.6 Å². The summed E-state index contributed by atoms with van der Waals surface area (Å²) in [4.78, 5) is 32.6. The van der Waals surface area contributed by atoms with Gasteiger partial charge in [0.2, 0.25) is 5.91 Å². The number of carbonyl (C=O) groups is 2. The minimum atomic E-state index is -0.569. The van der Waals surface area contributed by atoms with Crippen LogP contribution >= 0.6 is 0 Å². The van der Waals surface area contributed by atoms with E-state index >= 15 is 0 Å². The molecule has 1 aliphatic rings. The van der Waals surface area contributed by atoms with Crippen LogP contribution in [0.15, 0.2) is 18.3 Å². The van der Waals surface area contributed by atoms with Crippen molar-refractivity contribution in [3.8, 4) is 0 Å². The number of rotatable bonds is 5. The van der Waals surface area contributed by atoms with Crippen molar-refractivity contribution in [2.24, 2.45) is 0 Å². The summed E-state index contributed by atoms with van der Waals surface area (Å²) in [6.07, 6.45) is 7.69. The first-order valence-electron chi connectivity index (χ1n) is 8.61. The van der Waals surface area contributed by atoms with E-state index in [1.165, 1.54) is 24.2 Å². The minimum Gasteiger partial charge on any atom is -0.356 e. The Bertz CT molecular complexity index is 582. The van der Waals surface area contributed by atoms with E-state index in [1.807, 2.05) is 7.05 Å². The maximum absolute atomic E-state index is 12.6. The normalized spacial score (nSPS) is 16.3. The molecular formula is C18H28N4O2. The molecule has 0 radical (unpaired) electrons. The van der Waals surface area contributed by atoms with Gasteiger partial charge >= 0.3 is 0 Å². The molecule has 0 bridgehead atoms. The van der Waals surface area contributed by atoms with Crippen LogP contribution in [0.25, 0.3) is 0 Å². The van der Waals surface area contributed by atoms with Crippen molar-refractivity contribution in [1.29, 1.82) is 0 Å². The molecule has 2 amide bonds. The predicted molar refractivity (Wildman–Crippen MR) is 95.1 cm³/mol. The molecule has 0 spiro atoms. The molecule has 1 N–H and O–H groups in total. The molecule has 1 saturated carbocycles. The zero-order valence-corrected chi connectivity index (χ0v) is 15.1. The summed E-state index contributed by atoms with van der Waals surface area (Å²) in [6, 6.07) is 3.37. The van der Waals surface area contributed by atoms with Gasteiger partial charge in [-0.3, -0.25) is 9.59 Å². The van der Waals surface area contributed by atoms with E-state index in [1.54, 1.807) is 39.3 Å². The zero-order chi connectivity index (χ0) is 17.7. The molecule has 1 heterocycles. The summed E-state index contributed by atoms with van der Waals surface area (Å²) >= 11 is 0. The quantitative estimate of drug-likeness (QED) is 0.896. The fourth-order valence-electron chi connectivity index (χ4n) is 3.22. The van der Waals surface area contributed by atoms with Crippen LogP contribution in [0, 0.1) is 0 Å². The summed E-state index contributed by atoms with van der Waals surface area (Å²) in [6.45, 7) is 1.70. The van der Waals surface area contributed by atoms with Crippen LogP contribution in [0.2, 0.25) is 0 Å². The molecule has 1 aromatic rings. The molecule has 1 aromatic heterocycles. The fourth-order valence-corrected chi connectivity index (χ4v) is 3.22. The van der Waals surface area contributed by atoms with Gasteiger partial charge in [0.25, 0.3) is 5.91 Å². The highest BCUT2D eigenvalue weighted by Crippen LogP contribution is 2.26. The molecule has 6 heteroatoms. The Hall–Kier alpha value is -2.11. The maximum atomic E-state index is 12.6. The number of pyridine rings is 1. The van der Waals surface area contributed by atoms with Gasteiger partial charge in [-0.1, -0.05) is 19.3 Å². The molecule has 0 unspecified atom stereocenters. The van der Waals surface area contributed by atoms with Gasteiger partial charge in [0.05, 0.1) is 5.56 Å². The molecule has 0 aliphatic heterocycles. The average Bonchev–Trinajstić information content (AvgIpc) is 2.60. The lowest BCUT2D eigenvalue weighted by Gasteiger charge is -2.33. The number of nitrogens with one attached hydrogen (secondary N) is 1. The van der Waals surface area contributed by atoms with Gasteiger partial charge in [-0.05, 0) is 31.9 Å². The molecular weight excluding hydrogens is 304 g/mol. The van der Waals surface area contributed by atoms with Gasteiger partial charge in [-0.2, -0.15) is 0 Å². The third-order valence-corrected chi connectivity index (χ3v) is 4.65. The number of likely N-dealkylation sites (N-methyl/N-ethyl adjacent to an activating group) is 1. The first kappa shape index (κ1) is 18.2. The fraction of sp³-hybridized carbons (Fsp3) is 0.611. The topological polar surface area (TPSA) is 65.5 Å². The summed E-state index contributed by atoms with van der Waals surface area (Å²) in [7, 11) is 5.36. The maximum Gasteiger partial charge on any atom is 0.255 e. The van der Waals surface area contributed by atoms with Gasteiger partial charge in [0, 0.05) is 33.4 Å². The van der Waals surface area contributed by atoms with Crippen molar-refractivity contribution in [3.05, 3.63) is 23.9 Å². The smallest absolute Gasteiger partial charge is 0.255 e. The zero-order valence-electron chi connectivity index (χ0n) is 15.1. The van der Waals surface area contributed by atoms with Gasteiger partial charge in [0.1, 0.15) is 11.9 Å². The summed E-state index contributed by atoms with van der Waals surface area (Å²) in [5.41, 5.74) is 0.518. The Balaban J connectivity index is 2.15. The first-order valence-corrected chi connectivity index (χ1v) is 8.61. The Morgan fingerprint density at radius 2 is 1.88 bits per heavy atom. The minimum absolute atomic E-state index is 0.130. The molecule has 6 nitrogen and oxygen atoms in total. The van der Waals surface area contributed by atoms with Crippen molar-refractivity contribution < 1.29 is 9.59 Å².